The molecule has 0 saturated heterocycles. The number of para-hydroxylation sites is 1. The lowest BCUT2D eigenvalue weighted by atomic mass is 10.2. The van der Waals surface area contributed by atoms with Gasteiger partial charge in [0.05, 0.1) is 10.7 Å². The van der Waals surface area contributed by atoms with E-state index in [1.54, 1.807) is 24.3 Å². The first-order valence-corrected chi connectivity index (χ1v) is 6.98. The van der Waals surface area contributed by atoms with Gasteiger partial charge in [-0.2, -0.15) is 13.2 Å². The standard InChI is InChI=1S/C15H12ClF3N2O2/c16-11-5-1-2-6-12(11)20-13(22)7-9-21-8-3-4-10(14(21)23)15(17,18)19/h1-6,8H,7,9H2,(H,20,22). The van der Waals surface area contributed by atoms with Crippen molar-refractivity contribution in [3.63, 3.8) is 0 Å². The summed E-state index contributed by atoms with van der Waals surface area (Å²) in [6, 6.07) is 8.39. The van der Waals surface area contributed by atoms with E-state index in [4.69, 9.17) is 11.6 Å². The molecule has 0 saturated carbocycles. The van der Waals surface area contributed by atoms with Crippen molar-refractivity contribution in [2.45, 2.75) is 19.1 Å². The smallest absolute Gasteiger partial charge is 0.325 e. The first-order chi connectivity index (χ1) is 10.8. The predicted molar refractivity (Wildman–Crippen MR) is 80.4 cm³/mol. The highest BCUT2D eigenvalue weighted by Gasteiger charge is 2.34. The van der Waals surface area contributed by atoms with Gasteiger partial charge in [0.15, 0.2) is 0 Å². The summed E-state index contributed by atoms with van der Waals surface area (Å²) in [5, 5.41) is 2.88. The highest BCUT2D eigenvalue weighted by atomic mass is 35.5. The Bertz CT molecular complexity index is 772. The van der Waals surface area contributed by atoms with Crippen LogP contribution < -0.4 is 10.9 Å². The molecule has 23 heavy (non-hydrogen) atoms. The summed E-state index contributed by atoms with van der Waals surface area (Å²) in [6.45, 7) is -0.168. The lowest BCUT2D eigenvalue weighted by molar-refractivity contribution is -0.138. The number of rotatable bonds is 4. The number of nitrogens with zero attached hydrogens (tertiary/aromatic N) is 1. The molecule has 0 aliphatic carbocycles. The molecule has 0 radical (unpaired) electrons. The molecule has 1 N–H and O–H groups in total. The third-order valence-electron chi connectivity index (χ3n) is 3.05. The monoisotopic (exact) mass is 344 g/mol. The van der Waals surface area contributed by atoms with Gasteiger partial charge in [0, 0.05) is 19.2 Å². The molecule has 122 valence electrons. The molecule has 1 amide bonds. The molecule has 1 aromatic carbocycles. The van der Waals surface area contributed by atoms with Gasteiger partial charge in [-0.15, -0.1) is 0 Å². The maximum Gasteiger partial charge on any atom is 0.421 e. The molecular formula is C15H12ClF3N2O2. The van der Waals surface area contributed by atoms with E-state index in [9.17, 15) is 22.8 Å². The molecule has 8 heteroatoms. The molecule has 1 aromatic heterocycles. The van der Waals surface area contributed by atoms with E-state index >= 15 is 0 Å². The minimum Gasteiger partial charge on any atom is -0.325 e. The zero-order valence-electron chi connectivity index (χ0n) is 11.7. The first-order valence-electron chi connectivity index (χ1n) is 6.60. The number of amides is 1. The molecule has 0 spiro atoms. The van der Waals surface area contributed by atoms with Crippen LogP contribution in [0, 0.1) is 0 Å². The topological polar surface area (TPSA) is 51.1 Å². The summed E-state index contributed by atoms with van der Waals surface area (Å²) in [4.78, 5) is 23.6. The molecule has 2 rings (SSSR count). The average molecular weight is 345 g/mol. The lowest BCUT2D eigenvalue weighted by Crippen LogP contribution is -2.29. The summed E-state index contributed by atoms with van der Waals surface area (Å²) in [5.74, 6) is -0.456. The van der Waals surface area contributed by atoms with Gasteiger partial charge in [-0.25, -0.2) is 0 Å². The maximum absolute atomic E-state index is 12.7. The van der Waals surface area contributed by atoms with E-state index in [1.165, 1.54) is 6.20 Å². The second-order valence-electron chi connectivity index (χ2n) is 4.70. The highest BCUT2D eigenvalue weighted by Crippen LogP contribution is 2.26. The molecule has 0 aliphatic heterocycles. The van der Waals surface area contributed by atoms with Crippen LogP contribution in [-0.2, 0) is 17.5 Å². The molecule has 2 aromatic rings. The number of aromatic nitrogens is 1. The first kappa shape index (κ1) is 17.1. The quantitative estimate of drug-likeness (QED) is 0.922. The fraction of sp³-hybridized carbons (Fsp3) is 0.200. The molecule has 0 atom stereocenters. The number of carbonyl (C=O) groups excluding carboxylic acids is 1. The lowest BCUT2D eigenvalue weighted by Gasteiger charge is -2.11. The largest absolute Gasteiger partial charge is 0.421 e. The van der Waals surface area contributed by atoms with E-state index in [0.29, 0.717) is 16.8 Å². The number of pyridine rings is 1. The van der Waals surface area contributed by atoms with E-state index in [1.807, 2.05) is 0 Å². The van der Waals surface area contributed by atoms with Crippen molar-refractivity contribution >= 4 is 23.2 Å². The van der Waals surface area contributed by atoms with Crippen molar-refractivity contribution in [3.8, 4) is 0 Å². The highest BCUT2D eigenvalue weighted by molar-refractivity contribution is 6.33. The molecular weight excluding hydrogens is 333 g/mol. The van der Waals surface area contributed by atoms with Gasteiger partial charge in [0.1, 0.15) is 5.56 Å². The normalized spacial score (nSPS) is 11.3. The molecule has 4 nitrogen and oxygen atoms in total. The van der Waals surface area contributed by atoms with Crippen molar-refractivity contribution in [1.29, 1.82) is 0 Å². The van der Waals surface area contributed by atoms with Crippen LogP contribution in [0.3, 0.4) is 0 Å². The molecule has 0 bridgehead atoms. The summed E-state index contributed by atoms with van der Waals surface area (Å²) >= 11 is 5.89. The van der Waals surface area contributed by atoms with Crippen molar-refractivity contribution in [2.75, 3.05) is 5.32 Å². The zero-order valence-corrected chi connectivity index (χ0v) is 12.5. The zero-order chi connectivity index (χ0) is 17.0. The van der Waals surface area contributed by atoms with Crippen LogP contribution in [0.15, 0.2) is 47.4 Å². The van der Waals surface area contributed by atoms with Gasteiger partial charge in [-0.05, 0) is 24.3 Å². The van der Waals surface area contributed by atoms with Gasteiger partial charge >= 0.3 is 6.18 Å². The predicted octanol–water partition coefficient (Wildman–Crippen LogP) is 3.55. The Morgan fingerprint density at radius 3 is 2.52 bits per heavy atom. The minimum atomic E-state index is -4.72. The van der Waals surface area contributed by atoms with E-state index < -0.39 is 23.2 Å². The number of nitrogens with one attached hydrogen (secondary N) is 1. The van der Waals surface area contributed by atoms with Crippen molar-refractivity contribution in [2.24, 2.45) is 0 Å². The third kappa shape index (κ3) is 4.35. The molecule has 1 heterocycles. The number of carbonyl (C=O) groups is 1. The number of aryl methyl sites for hydroxylation is 1. The van der Waals surface area contributed by atoms with Gasteiger partial charge in [0.2, 0.25) is 5.91 Å². The van der Waals surface area contributed by atoms with Gasteiger partial charge in [-0.1, -0.05) is 23.7 Å². The number of alkyl halides is 3. The van der Waals surface area contributed by atoms with Gasteiger partial charge in [-0.3, -0.25) is 9.59 Å². The Morgan fingerprint density at radius 2 is 1.87 bits per heavy atom. The molecule has 0 fully saturated rings. The number of hydrogen-bond acceptors (Lipinski definition) is 2. The average Bonchev–Trinajstić information content (AvgIpc) is 2.47. The van der Waals surface area contributed by atoms with E-state index in [-0.39, 0.29) is 13.0 Å². The van der Waals surface area contributed by atoms with Crippen LogP contribution in [0.5, 0.6) is 0 Å². The minimum absolute atomic E-state index is 0.160. The second-order valence-corrected chi connectivity index (χ2v) is 5.10. The fourth-order valence-corrected chi connectivity index (χ4v) is 2.11. The Labute approximate surface area is 134 Å². The summed E-state index contributed by atoms with van der Waals surface area (Å²) in [7, 11) is 0. The molecule has 0 unspecified atom stereocenters. The number of benzene rings is 1. The van der Waals surface area contributed by atoms with Crippen LogP contribution in [0.2, 0.25) is 5.02 Å². The Morgan fingerprint density at radius 1 is 1.17 bits per heavy atom. The van der Waals surface area contributed by atoms with E-state index in [2.05, 4.69) is 5.32 Å². The Hall–Kier alpha value is -2.28. The van der Waals surface area contributed by atoms with Gasteiger partial charge in [0.25, 0.3) is 5.56 Å². The maximum atomic E-state index is 12.7. The summed E-state index contributed by atoms with van der Waals surface area (Å²) < 4.78 is 38.8. The third-order valence-corrected chi connectivity index (χ3v) is 3.38. The number of halogens is 4. The summed E-state index contributed by atoms with van der Waals surface area (Å²) in [6.07, 6.45) is -3.67. The van der Waals surface area contributed by atoms with Crippen molar-refractivity contribution < 1.29 is 18.0 Å². The Kier molecular flexibility index (Phi) is 5.10. The van der Waals surface area contributed by atoms with Crippen molar-refractivity contribution in [3.05, 3.63) is 63.5 Å². The van der Waals surface area contributed by atoms with Crippen LogP contribution in [0.25, 0.3) is 0 Å². The summed E-state index contributed by atoms with van der Waals surface area (Å²) in [5.41, 5.74) is -2.03. The Balaban J connectivity index is 2.06. The fourth-order valence-electron chi connectivity index (χ4n) is 1.93. The number of hydrogen-bond donors (Lipinski definition) is 1. The van der Waals surface area contributed by atoms with Gasteiger partial charge < -0.3 is 9.88 Å². The van der Waals surface area contributed by atoms with Crippen LogP contribution in [0.4, 0.5) is 18.9 Å². The van der Waals surface area contributed by atoms with E-state index in [0.717, 1.165) is 10.6 Å². The van der Waals surface area contributed by atoms with Crippen LogP contribution >= 0.6 is 11.6 Å². The second kappa shape index (κ2) is 6.87. The SMILES string of the molecule is O=C(CCn1cccc(C(F)(F)F)c1=O)Nc1ccccc1Cl. The number of anilines is 1. The van der Waals surface area contributed by atoms with Crippen LogP contribution in [-0.4, -0.2) is 10.5 Å². The molecule has 0 aliphatic rings. The van der Waals surface area contributed by atoms with Crippen LogP contribution in [0.1, 0.15) is 12.0 Å². The van der Waals surface area contributed by atoms with Crippen molar-refractivity contribution in [1.82, 2.24) is 4.57 Å².